The molecule has 0 spiro atoms. The van der Waals surface area contributed by atoms with E-state index in [0.717, 1.165) is 36.1 Å². The summed E-state index contributed by atoms with van der Waals surface area (Å²) in [6.45, 7) is 8.13. The maximum absolute atomic E-state index is 13.5. The number of morpholine rings is 1. The van der Waals surface area contributed by atoms with Crippen LogP contribution in [0.15, 0.2) is 48.5 Å². The molecule has 2 amide bonds. The summed E-state index contributed by atoms with van der Waals surface area (Å²) in [7, 11) is 0. The average molecular weight is 513 g/mol. The van der Waals surface area contributed by atoms with Gasteiger partial charge in [0.2, 0.25) is 11.8 Å². The zero-order chi connectivity index (χ0) is 25.5. The Labute approximate surface area is 219 Å². The van der Waals surface area contributed by atoms with E-state index in [-0.39, 0.29) is 23.1 Å². The summed E-state index contributed by atoms with van der Waals surface area (Å²) in [6, 6.07) is 15.7. The molecule has 1 unspecified atom stereocenters. The van der Waals surface area contributed by atoms with E-state index in [9.17, 15) is 9.59 Å². The Balaban J connectivity index is 1.46. The Morgan fingerprint density at radius 3 is 2.36 bits per heavy atom. The lowest BCUT2D eigenvalue weighted by molar-refractivity contribution is -0.141. The van der Waals surface area contributed by atoms with Crippen molar-refractivity contribution in [3.05, 3.63) is 64.7 Å². The first-order chi connectivity index (χ1) is 17.4. The molecule has 2 heterocycles. The molecule has 2 aliphatic heterocycles. The molecule has 0 saturated carbocycles. The maximum atomic E-state index is 13.5. The fourth-order valence-corrected chi connectivity index (χ4v) is 5.34. The predicted octanol–water partition coefficient (Wildman–Crippen LogP) is 5.08. The highest BCUT2D eigenvalue weighted by molar-refractivity contribution is 6.31. The minimum absolute atomic E-state index is 0.137. The van der Waals surface area contributed by atoms with E-state index in [1.54, 1.807) is 0 Å². The Morgan fingerprint density at radius 2 is 1.72 bits per heavy atom. The van der Waals surface area contributed by atoms with Crippen molar-refractivity contribution in [1.29, 1.82) is 0 Å². The number of hydrogen-bond donors (Lipinski definition) is 0. The summed E-state index contributed by atoms with van der Waals surface area (Å²) in [5, 5.41) is 0.704. The Kier molecular flexibility index (Phi) is 8.91. The topological polar surface area (TPSA) is 59.1 Å². The summed E-state index contributed by atoms with van der Waals surface area (Å²) in [5.41, 5.74) is 1.69. The third-order valence-electron chi connectivity index (χ3n) is 7.61. The molecule has 2 saturated heterocycles. The first kappa shape index (κ1) is 26.5. The molecule has 0 aliphatic carbocycles. The molecule has 194 valence electrons. The van der Waals surface area contributed by atoms with Gasteiger partial charge in [0.15, 0.2) is 0 Å². The monoisotopic (exact) mass is 512 g/mol. The van der Waals surface area contributed by atoms with Gasteiger partial charge in [-0.1, -0.05) is 48.9 Å². The fourth-order valence-electron chi connectivity index (χ4n) is 5.22. The number of carbonyl (C=O) groups excluding carboxylic acids is 2. The van der Waals surface area contributed by atoms with Gasteiger partial charge in [-0.25, -0.2) is 0 Å². The molecule has 4 rings (SSSR count). The van der Waals surface area contributed by atoms with Crippen molar-refractivity contribution >= 4 is 23.4 Å². The van der Waals surface area contributed by atoms with Crippen molar-refractivity contribution in [3.63, 3.8) is 0 Å². The number of rotatable bonds is 8. The summed E-state index contributed by atoms with van der Waals surface area (Å²) in [6.07, 6.45) is 2.63. The number of nitrogens with zero attached hydrogens (tertiary/aromatic N) is 2. The molecule has 2 fully saturated rings. The molecule has 0 N–H and O–H groups in total. The number of carbonyl (C=O) groups is 2. The van der Waals surface area contributed by atoms with Crippen LogP contribution in [0.3, 0.4) is 0 Å². The highest BCUT2D eigenvalue weighted by atomic mass is 35.5. The van der Waals surface area contributed by atoms with Crippen molar-refractivity contribution in [3.8, 4) is 5.75 Å². The van der Waals surface area contributed by atoms with Crippen LogP contribution < -0.4 is 4.74 Å². The lowest BCUT2D eigenvalue weighted by Crippen LogP contribution is -2.50. The second-order valence-corrected chi connectivity index (χ2v) is 10.5. The normalized spacial score (nSPS) is 18.5. The second kappa shape index (κ2) is 12.1. The molecular weight excluding hydrogens is 476 g/mol. The van der Waals surface area contributed by atoms with Crippen LogP contribution in [0, 0.1) is 12.3 Å². The summed E-state index contributed by atoms with van der Waals surface area (Å²) < 4.78 is 11.7. The summed E-state index contributed by atoms with van der Waals surface area (Å²) in [4.78, 5) is 30.6. The van der Waals surface area contributed by atoms with Gasteiger partial charge in [-0.05, 0) is 55.5 Å². The van der Waals surface area contributed by atoms with Crippen LogP contribution in [-0.2, 0) is 14.3 Å². The molecule has 0 radical (unpaired) electrons. The van der Waals surface area contributed by atoms with Crippen molar-refractivity contribution in [2.45, 2.75) is 45.4 Å². The molecule has 0 aromatic heterocycles. The largest absolute Gasteiger partial charge is 0.493 e. The lowest BCUT2D eigenvalue weighted by atomic mass is 9.75. The summed E-state index contributed by atoms with van der Waals surface area (Å²) >= 11 is 6.19. The van der Waals surface area contributed by atoms with Crippen LogP contribution in [0.2, 0.25) is 5.02 Å². The van der Waals surface area contributed by atoms with E-state index in [1.165, 1.54) is 0 Å². The smallest absolute Gasteiger partial charge is 0.230 e. The van der Waals surface area contributed by atoms with E-state index in [4.69, 9.17) is 21.1 Å². The number of halogens is 1. The quantitative estimate of drug-likeness (QED) is 0.495. The van der Waals surface area contributed by atoms with E-state index < -0.39 is 0 Å². The van der Waals surface area contributed by atoms with Crippen LogP contribution >= 0.6 is 11.6 Å². The Bertz CT molecular complexity index is 1030. The maximum Gasteiger partial charge on any atom is 0.230 e. The minimum Gasteiger partial charge on any atom is -0.493 e. The second-order valence-electron chi connectivity index (χ2n) is 10.1. The Morgan fingerprint density at radius 1 is 1.03 bits per heavy atom. The van der Waals surface area contributed by atoms with Crippen molar-refractivity contribution in [2.24, 2.45) is 5.41 Å². The van der Waals surface area contributed by atoms with Gasteiger partial charge in [0, 0.05) is 43.0 Å². The van der Waals surface area contributed by atoms with E-state index in [0.29, 0.717) is 57.4 Å². The number of aryl methyl sites for hydroxylation is 1. The molecular formula is C29H37ClN2O4. The SMILES string of the molecule is CCC(C(=O)N1CCC(COc2ccc(Cl)c(C)c2)(CC(=O)N2CCOCC2)CC1)c1ccccc1. The van der Waals surface area contributed by atoms with Crippen LogP contribution in [0.4, 0.5) is 0 Å². The molecule has 2 aromatic rings. The van der Waals surface area contributed by atoms with Gasteiger partial charge in [-0.15, -0.1) is 0 Å². The standard InChI is InChI=1S/C29H37ClN2O4/c1-3-25(23-7-5-4-6-8-23)28(34)32-13-11-29(12-14-32,20-27(33)31-15-17-35-18-16-31)21-36-24-9-10-26(30)22(2)19-24/h4-10,19,25H,3,11-18,20-21H2,1-2H3. The molecule has 2 aliphatic rings. The van der Waals surface area contributed by atoms with Crippen molar-refractivity contribution in [2.75, 3.05) is 46.0 Å². The minimum atomic E-state index is -0.325. The number of amides is 2. The lowest BCUT2D eigenvalue weighted by Gasteiger charge is -2.43. The van der Waals surface area contributed by atoms with E-state index >= 15 is 0 Å². The highest BCUT2D eigenvalue weighted by Crippen LogP contribution is 2.38. The average Bonchev–Trinajstić information content (AvgIpc) is 2.91. The molecule has 7 heteroatoms. The first-order valence-corrected chi connectivity index (χ1v) is 13.4. The first-order valence-electron chi connectivity index (χ1n) is 13.0. The number of likely N-dealkylation sites (tertiary alicyclic amines) is 1. The molecule has 36 heavy (non-hydrogen) atoms. The number of piperidine rings is 1. The van der Waals surface area contributed by atoms with E-state index in [2.05, 4.69) is 6.92 Å². The predicted molar refractivity (Wildman–Crippen MR) is 141 cm³/mol. The zero-order valence-electron chi connectivity index (χ0n) is 21.4. The third kappa shape index (κ3) is 6.40. The van der Waals surface area contributed by atoms with Gasteiger partial charge in [-0.3, -0.25) is 9.59 Å². The van der Waals surface area contributed by atoms with Gasteiger partial charge >= 0.3 is 0 Å². The van der Waals surface area contributed by atoms with Gasteiger partial charge in [0.05, 0.1) is 25.7 Å². The molecule has 0 bridgehead atoms. The van der Waals surface area contributed by atoms with E-state index in [1.807, 2.05) is 65.3 Å². The molecule has 2 aromatic carbocycles. The number of benzene rings is 2. The van der Waals surface area contributed by atoms with Crippen LogP contribution in [0.1, 0.15) is 49.7 Å². The molecule has 1 atom stereocenters. The van der Waals surface area contributed by atoms with Gasteiger partial charge in [0.1, 0.15) is 5.75 Å². The molecule has 6 nitrogen and oxygen atoms in total. The van der Waals surface area contributed by atoms with Crippen molar-refractivity contribution < 1.29 is 19.1 Å². The van der Waals surface area contributed by atoms with Gasteiger partial charge in [-0.2, -0.15) is 0 Å². The van der Waals surface area contributed by atoms with Gasteiger partial charge < -0.3 is 19.3 Å². The number of ether oxygens (including phenoxy) is 2. The third-order valence-corrected chi connectivity index (χ3v) is 8.03. The van der Waals surface area contributed by atoms with Crippen LogP contribution in [0.5, 0.6) is 5.75 Å². The van der Waals surface area contributed by atoms with Crippen LogP contribution in [-0.4, -0.2) is 67.6 Å². The zero-order valence-corrected chi connectivity index (χ0v) is 22.1. The van der Waals surface area contributed by atoms with Gasteiger partial charge in [0.25, 0.3) is 0 Å². The Hall–Kier alpha value is -2.57. The van der Waals surface area contributed by atoms with Crippen molar-refractivity contribution in [1.82, 2.24) is 9.80 Å². The summed E-state index contributed by atoms with van der Waals surface area (Å²) in [5.74, 6) is 0.932. The number of hydrogen-bond acceptors (Lipinski definition) is 4. The fraction of sp³-hybridized carbons (Fsp3) is 0.517. The highest BCUT2D eigenvalue weighted by Gasteiger charge is 2.40. The van der Waals surface area contributed by atoms with Crippen LogP contribution in [0.25, 0.3) is 0 Å².